The smallest absolute Gasteiger partial charge is 0.254 e. The van der Waals surface area contributed by atoms with E-state index in [0.717, 1.165) is 25.2 Å². The molecule has 0 unspecified atom stereocenters. The van der Waals surface area contributed by atoms with Crippen molar-refractivity contribution in [1.29, 1.82) is 0 Å². The quantitative estimate of drug-likeness (QED) is 0.778. The molecular weight excluding hydrogens is 340 g/mol. The number of hydrogen-bond donors (Lipinski definition) is 2. The Kier molecular flexibility index (Phi) is 7.08. The molecule has 144 valence electrons. The number of piperidine rings is 1. The average Bonchev–Trinajstić information content (AvgIpc) is 2.60. The van der Waals surface area contributed by atoms with E-state index in [1.807, 2.05) is 0 Å². The second kappa shape index (κ2) is 9.07. The van der Waals surface area contributed by atoms with Gasteiger partial charge in [-0.25, -0.2) is 8.78 Å². The summed E-state index contributed by atoms with van der Waals surface area (Å²) >= 11 is 0. The maximum atomic E-state index is 13.5. The lowest BCUT2D eigenvalue weighted by Gasteiger charge is -2.41. The van der Waals surface area contributed by atoms with Crippen molar-refractivity contribution in [1.82, 2.24) is 15.5 Å². The number of nitrogens with zero attached hydrogens (tertiary/aromatic N) is 1. The molecule has 1 fully saturated rings. The second-order valence-corrected chi connectivity index (χ2v) is 7.27. The van der Waals surface area contributed by atoms with Gasteiger partial charge in [-0.2, -0.15) is 0 Å². The number of hydrogen-bond acceptors (Lipinski definition) is 3. The van der Waals surface area contributed by atoms with E-state index < -0.39 is 17.5 Å². The molecule has 0 atom stereocenters. The van der Waals surface area contributed by atoms with Gasteiger partial charge < -0.3 is 10.6 Å². The van der Waals surface area contributed by atoms with Crippen LogP contribution in [0.15, 0.2) is 18.2 Å². The highest BCUT2D eigenvalue weighted by atomic mass is 19.1. The van der Waals surface area contributed by atoms with Crippen LogP contribution in [0.5, 0.6) is 0 Å². The number of amides is 2. The predicted molar refractivity (Wildman–Crippen MR) is 95.8 cm³/mol. The molecule has 2 N–H and O–H groups in total. The largest absolute Gasteiger partial charge is 0.354 e. The lowest BCUT2D eigenvalue weighted by atomic mass is 9.98. The zero-order valence-corrected chi connectivity index (χ0v) is 15.4. The fourth-order valence-corrected chi connectivity index (χ4v) is 3.07. The van der Waals surface area contributed by atoms with Crippen LogP contribution < -0.4 is 10.6 Å². The molecule has 2 amide bonds. The van der Waals surface area contributed by atoms with E-state index >= 15 is 0 Å². The van der Waals surface area contributed by atoms with Crippen molar-refractivity contribution in [2.75, 3.05) is 26.2 Å². The van der Waals surface area contributed by atoms with Crippen LogP contribution in [0, 0.1) is 11.6 Å². The SMILES string of the molecule is CC(C)(CNC(=O)CCNC(=O)c1ccc(F)cc1F)N1CCCCC1. The number of benzene rings is 1. The maximum Gasteiger partial charge on any atom is 0.254 e. The van der Waals surface area contributed by atoms with Crippen LogP contribution in [0.3, 0.4) is 0 Å². The van der Waals surface area contributed by atoms with Gasteiger partial charge in [-0.1, -0.05) is 6.42 Å². The minimum atomic E-state index is -0.921. The van der Waals surface area contributed by atoms with Crippen molar-refractivity contribution < 1.29 is 18.4 Å². The van der Waals surface area contributed by atoms with Crippen LogP contribution in [-0.4, -0.2) is 48.4 Å². The average molecular weight is 367 g/mol. The van der Waals surface area contributed by atoms with Gasteiger partial charge >= 0.3 is 0 Å². The summed E-state index contributed by atoms with van der Waals surface area (Å²) in [5.74, 6) is -2.50. The zero-order chi connectivity index (χ0) is 19.2. The molecule has 0 radical (unpaired) electrons. The van der Waals surface area contributed by atoms with Crippen molar-refractivity contribution >= 4 is 11.8 Å². The molecule has 26 heavy (non-hydrogen) atoms. The number of nitrogens with one attached hydrogen (secondary N) is 2. The van der Waals surface area contributed by atoms with Crippen LogP contribution in [0.1, 0.15) is 49.9 Å². The Balaban J connectivity index is 1.72. The van der Waals surface area contributed by atoms with Gasteiger partial charge in [-0.15, -0.1) is 0 Å². The topological polar surface area (TPSA) is 61.4 Å². The Morgan fingerprint density at radius 1 is 1.12 bits per heavy atom. The number of halogens is 2. The summed E-state index contributed by atoms with van der Waals surface area (Å²) in [6.45, 7) is 6.93. The lowest BCUT2D eigenvalue weighted by molar-refractivity contribution is -0.121. The third kappa shape index (κ3) is 5.76. The van der Waals surface area contributed by atoms with E-state index in [0.29, 0.717) is 12.6 Å². The van der Waals surface area contributed by atoms with Crippen LogP contribution in [-0.2, 0) is 4.79 Å². The molecule has 1 aliphatic heterocycles. The van der Waals surface area contributed by atoms with E-state index in [9.17, 15) is 18.4 Å². The summed E-state index contributed by atoms with van der Waals surface area (Å²) < 4.78 is 26.4. The molecule has 1 aromatic rings. The molecule has 0 saturated carbocycles. The Bertz CT molecular complexity index is 644. The van der Waals surface area contributed by atoms with Crippen molar-refractivity contribution in [2.24, 2.45) is 0 Å². The van der Waals surface area contributed by atoms with E-state index in [4.69, 9.17) is 0 Å². The van der Waals surface area contributed by atoms with Crippen LogP contribution >= 0.6 is 0 Å². The Morgan fingerprint density at radius 3 is 2.46 bits per heavy atom. The van der Waals surface area contributed by atoms with Gasteiger partial charge in [0.1, 0.15) is 11.6 Å². The lowest BCUT2D eigenvalue weighted by Crippen LogP contribution is -2.53. The number of carbonyl (C=O) groups is 2. The predicted octanol–water partition coefficient (Wildman–Crippen LogP) is 2.47. The van der Waals surface area contributed by atoms with E-state index in [1.54, 1.807) is 0 Å². The normalized spacial score (nSPS) is 15.5. The third-order valence-corrected chi connectivity index (χ3v) is 4.74. The minimum absolute atomic E-state index is 0.0889. The van der Waals surface area contributed by atoms with Crippen molar-refractivity contribution in [3.8, 4) is 0 Å². The minimum Gasteiger partial charge on any atom is -0.354 e. The number of carbonyl (C=O) groups excluding carboxylic acids is 2. The van der Waals surface area contributed by atoms with Crippen LogP contribution in [0.2, 0.25) is 0 Å². The molecule has 2 rings (SSSR count). The molecule has 1 aromatic carbocycles. The van der Waals surface area contributed by atoms with Gasteiger partial charge in [0.25, 0.3) is 5.91 Å². The summed E-state index contributed by atoms with van der Waals surface area (Å²) in [7, 11) is 0. The first-order chi connectivity index (χ1) is 12.3. The van der Waals surface area contributed by atoms with E-state index in [2.05, 4.69) is 29.4 Å². The fraction of sp³-hybridized carbons (Fsp3) is 0.579. The Morgan fingerprint density at radius 2 is 1.81 bits per heavy atom. The molecule has 5 nitrogen and oxygen atoms in total. The maximum absolute atomic E-state index is 13.5. The molecule has 1 aliphatic rings. The van der Waals surface area contributed by atoms with Gasteiger partial charge in [0, 0.05) is 31.1 Å². The molecule has 7 heteroatoms. The third-order valence-electron chi connectivity index (χ3n) is 4.74. The van der Waals surface area contributed by atoms with Crippen molar-refractivity contribution in [3.05, 3.63) is 35.4 Å². The highest BCUT2D eigenvalue weighted by Crippen LogP contribution is 2.19. The van der Waals surface area contributed by atoms with Gasteiger partial charge in [-0.05, 0) is 51.9 Å². The van der Waals surface area contributed by atoms with Crippen molar-refractivity contribution in [2.45, 2.75) is 45.1 Å². The first-order valence-electron chi connectivity index (χ1n) is 9.04. The highest BCUT2D eigenvalue weighted by molar-refractivity contribution is 5.94. The van der Waals surface area contributed by atoms with E-state index in [-0.39, 0.29) is 30.0 Å². The molecular formula is C19H27F2N3O2. The monoisotopic (exact) mass is 367 g/mol. The standard InChI is InChI=1S/C19H27F2N3O2/c1-19(2,24-10-4-3-5-11-24)13-23-17(25)8-9-22-18(26)15-7-6-14(20)12-16(15)21/h6-7,12H,3-5,8-11,13H2,1-2H3,(H,22,26)(H,23,25). The Labute approximate surface area is 153 Å². The van der Waals surface area contributed by atoms with Crippen LogP contribution in [0.4, 0.5) is 8.78 Å². The summed E-state index contributed by atoms with van der Waals surface area (Å²) in [6, 6.07) is 2.76. The first kappa shape index (κ1) is 20.3. The number of likely N-dealkylation sites (tertiary alicyclic amines) is 1. The highest BCUT2D eigenvalue weighted by Gasteiger charge is 2.28. The van der Waals surface area contributed by atoms with Gasteiger partial charge in [0.15, 0.2) is 0 Å². The summed E-state index contributed by atoms with van der Waals surface area (Å²) in [6.07, 6.45) is 3.73. The van der Waals surface area contributed by atoms with Gasteiger partial charge in [0.05, 0.1) is 5.56 Å². The summed E-state index contributed by atoms with van der Waals surface area (Å²) in [4.78, 5) is 26.3. The van der Waals surface area contributed by atoms with Gasteiger partial charge in [0.2, 0.25) is 5.91 Å². The molecule has 1 saturated heterocycles. The molecule has 0 aromatic heterocycles. The van der Waals surface area contributed by atoms with Crippen molar-refractivity contribution in [3.63, 3.8) is 0 Å². The Hall–Kier alpha value is -2.02. The molecule has 1 heterocycles. The second-order valence-electron chi connectivity index (χ2n) is 7.27. The molecule has 0 bridgehead atoms. The van der Waals surface area contributed by atoms with Crippen LogP contribution in [0.25, 0.3) is 0 Å². The first-order valence-corrected chi connectivity index (χ1v) is 9.04. The summed E-state index contributed by atoms with van der Waals surface area (Å²) in [5.41, 5.74) is -0.352. The fourth-order valence-electron chi connectivity index (χ4n) is 3.07. The number of rotatable bonds is 7. The summed E-state index contributed by atoms with van der Waals surface area (Å²) in [5, 5.41) is 5.38. The van der Waals surface area contributed by atoms with E-state index in [1.165, 1.54) is 19.3 Å². The van der Waals surface area contributed by atoms with Gasteiger partial charge in [-0.3, -0.25) is 14.5 Å². The zero-order valence-electron chi connectivity index (χ0n) is 15.4. The molecule has 0 aliphatic carbocycles. The molecule has 0 spiro atoms.